The summed E-state index contributed by atoms with van der Waals surface area (Å²) in [6.45, 7) is 5.14. The van der Waals surface area contributed by atoms with E-state index in [4.69, 9.17) is 0 Å². The van der Waals surface area contributed by atoms with Crippen molar-refractivity contribution in [1.82, 2.24) is 19.7 Å². The van der Waals surface area contributed by atoms with Gasteiger partial charge in [0.1, 0.15) is 6.54 Å². The second kappa shape index (κ2) is 9.71. The van der Waals surface area contributed by atoms with E-state index in [0.29, 0.717) is 13.1 Å². The molecular formula is C29H40N4O2. The fraction of sp³-hybridized carbons (Fsp3) is 0.586. The van der Waals surface area contributed by atoms with Gasteiger partial charge in [0.05, 0.1) is 6.54 Å². The first-order valence-corrected chi connectivity index (χ1v) is 13.3. The Morgan fingerprint density at radius 3 is 2.14 bits per heavy atom. The number of carbonyl (C=O) groups excluding carboxylic acids is 2. The summed E-state index contributed by atoms with van der Waals surface area (Å²) in [4.78, 5) is 30.9. The lowest BCUT2D eigenvalue weighted by Gasteiger charge is -2.57. The fourth-order valence-electron chi connectivity index (χ4n) is 7.19. The first kappa shape index (κ1) is 24.0. The van der Waals surface area contributed by atoms with Crippen molar-refractivity contribution in [2.24, 2.45) is 24.8 Å². The largest absolute Gasteiger partial charge is 0.353 e. The van der Waals surface area contributed by atoms with Crippen LogP contribution in [0.4, 0.5) is 4.79 Å². The Bertz CT molecular complexity index is 1010. The van der Waals surface area contributed by atoms with E-state index in [2.05, 4.69) is 5.32 Å². The van der Waals surface area contributed by atoms with Crippen molar-refractivity contribution in [3.05, 3.63) is 59.9 Å². The molecule has 0 spiro atoms. The van der Waals surface area contributed by atoms with Gasteiger partial charge in [0, 0.05) is 37.1 Å². The maximum absolute atomic E-state index is 13.7. The molecule has 35 heavy (non-hydrogen) atoms. The number of hydrogen-bond acceptors (Lipinski definition) is 2. The second-order valence-corrected chi connectivity index (χ2v) is 11.7. The van der Waals surface area contributed by atoms with Gasteiger partial charge in [0.15, 0.2) is 0 Å². The number of benzene rings is 1. The van der Waals surface area contributed by atoms with Gasteiger partial charge < -0.3 is 19.7 Å². The van der Waals surface area contributed by atoms with Crippen molar-refractivity contribution in [3.8, 4) is 0 Å². The number of nitrogens with zero attached hydrogens (tertiary/aromatic N) is 3. The number of carbonyl (C=O) groups is 2. The average molecular weight is 477 g/mol. The summed E-state index contributed by atoms with van der Waals surface area (Å²) >= 11 is 0. The molecule has 0 radical (unpaired) electrons. The average Bonchev–Trinajstić information content (AvgIpc) is 3.20. The summed E-state index contributed by atoms with van der Waals surface area (Å²) in [5.74, 6) is 2.27. The molecule has 2 aromatic rings. The van der Waals surface area contributed by atoms with Crippen molar-refractivity contribution in [2.45, 2.75) is 77.0 Å². The van der Waals surface area contributed by atoms with Gasteiger partial charge in [-0.3, -0.25) is 4.79 Å². The molecule has 1 heterocycles. The quantitative estimate of drug-likeness (QED) is 0.587. The topological polar surface area (TPSA) is 57.6 Å². The molecule has 4 fully saturated rings. The molecule has 6 rings (SSSR count). The van der Waals surface area contributed by atoms with Crippen LogP contribution in [0.1, 0.15) is 63.6 Å². The van der Waals surface area contributed by atoms with Crippen LogP contribution >= 0.6 is 0 Å². The molecule has 4 aliphatic rings. The molecule has 0 saturated heterocycles. The molecule has 6 heteroatoms. The maximum atomic E-state index is 13.7. The Morgan fingerprint density at radius 2 is 1.60 bits per heavy atom. The third kappa shape index (κ3) is 5.26. The molecule has 1 aromatic carbocycles. The number of amides is 3. The van der Waals surface area contributed by atoms with E-state index < -0.39 is 0 Å². The van der Waals surface area contributed by atoms with Crippen LogP contribution in [-0.4, -0.2) is 44.4 Å². The zero-order valence-electron chi connectivity index (χ0n) is 21.5. The predicted octanol–water partition coefficient (Wildman–Crippen LogP) is 4.94. The SMILES string of the molecule is CC(C)N(CC(=O)N(Cc1ccccc1)Cc1cccn1C)C(=O)NC12CC3CC(CC(C3)C1)C2. The first-order valence-electron chi connectivity index (χ1n) is 13.3. The molecule has 6 nitrogen and oxygen atoms in total. The first-order chi connectivity index (χ1) is 16.8. The number of nitrogens with one attached hydrogen (secondary N) is 1. The molecule has 0 aliphatic heterocycles. The predicted molar refractivity (Wildman–Crippen MR) is 137 cm³/mol. The lowest BCUT2D eigenvalue weighted by atomic mass is 9.53. The van der Waals surface area contributed by atoms with Crippen molar-refractivity contribution in [1.29, 1.82) is 0 Å². The van der Waals surface area contributed by atoms with Gasteiger partial charge in [0.25, 0.3) is 0 Å². The summed E-state index contributed by atoms with van der Waals surface area (Å²) in [5.41, 5.74) is 2.10. The zero-order valence-corrected chi connectivity index (χ0v) is 21.5. The third-order valence-electron chi connectivity index (χ3n) is 8.57. The molecule has 188 valence electrons. The minimum atomic E-state index is -0.0752. The second-order valence-electron chi connectivity index (χ2n) is 11.7. The number of aryl methyl sites for hydroxylation is 1. The molecule has 4 bridgehead atoms. The van der Waals surface area contributed by atoms with Gasteiger partial charge >= 0.3 is 6.03 Å². The number of rotatable bonds is 8. The van der Waals surface area contributed by atoms with Crippen molar-refractivity contribution in [2.75, 3.05) is 6.54 Å². The van der Waals surface area contributed by atoms with E-state index in [0.717, 1.165) is 48.3 Å². The minimum Gasteiger partial charge on any atom is -0.353 e. The lowest BCUT2D eigenvalue weighted by Crippen LogP contribution is -2.63. The highest BCUT2D eigenvalue weighted by Crippen LogP contribution is 2.55. The van der Waals surface area contributed by atoms with Crippen molar-refractivity contribution in [3.63, 3.8) is 0 Å². The fourth-order valence-corrected chi connectivity index (χ4v) is 7.19. The van der Waals surface area contributed by atoms with Crippen LogP contribution in [-0.2, 0) is 24.9 Å². The molecule has 1 N–H and O–H groups in total. The molecule has 3 amide bonds. The normalized spacial score (nSPS) is 26.7. The summed E-state index contributed by atoms with van der Waals surface area (Å²) in [5, 5.41) is 3.47. The number of hydrogen-bond donors (Lipinski definition) is 1. The van der Waals surface area contributed by atoms with Crippen molar-refractivity contribution >= 4 is 11.9 Å². The summed E-state index contributed by atoms with van der Waals surface area (Å²) in [6.07, 6.45) is 9.36. The molecule has 4 saturated carbocycles. The molecule has 0 atom stereocenters. The van der Waals surface area contributed by atoms with Crippen LogP contribution in [0.25, 0.3) is 0 Å². The Morgan fingerprint density at radius 1 is 0.971 bits per heavy atom. The Labute approximate surface area is 209 Å². The van der Waals surface area contributed by atoms with Gasteiger partial charge in [-0.2, -0.15) is 0 Å². The van der Waals surface area contributed by atoms with Gasteiger partial charge in [-0.25, -0.2) is 4.79 Å². The number of urea groups is 1. The monoisotopic (exact) mass is 476 g/mol. The van der Waals surface area contributed by atoms with Crippen molar-refractivity contribution < 1.29 is 9.59 Å². The molecule has 0 unspecified atom stereocenters. The van der Waals surface area contributed by atoms with Crippen LogP contribution < -0.4 is 5.32 Å². The number of aromatic nitrogens is 1. The Hall–Kier alpha value is -2.76. The van der Waals surface area contributed by atoms with E-state index in [1.54, 1.807) is 4.90 Å². The van der Waals surface area contributed by atoms with Crippen LogP contribution in [0.3, 0.4) is 0 Å². The van der Waals surface area contributed by atoms with Gasteiger partial charge in [-0.15, -0.1) is 0 Å². The summed E-state index contributed by atoms with van der Waals surface area (Å²) in [7, 11) is 2.00. The molecule has 1 aromatic heterocycles. The standard InChI is InChI=1S/C29H40N4O2/c1-21(2)33(28(35)30-29-15-23-12-24(16-29)14-25(13-23)17-29)20-27(34)32(18-22-8-5-4-6-9-22)19-26-10-7-11-31(26)3/h4-11,21,23-25H,12-20H2,1-3H3,(H,30,35). The highest BCUT2D eigenvalue weighted by molar-refractivity contribution is 5.84. The highest BCUT2D eigenvalue weighted by atomic mass is 16.2. The van der Waals surface area contributed by atoms with E-state index >= 15 is 0 Å². The summed E-state index contributed by atoms with van der Waals surface area (Å²) < 4.78 is 2.05. The van der Waals surface area contributed by atoms with Gasteiger partial charge in [-0.1, -0.05) is 30.3 Å². The maximum Gasteiger partial charge on any atom is 0.318 e. The van der Waals surface area contributed by atoms with Gasteiger partial charge in [0.2, 0.25) is 5.91 Å². The van der Waals surface area contributed by atoms with Crippen LogP contribution in [0.15, 0.2) is 48.7 Å². The van der Waals surface area contributed by atoms with Crippen LogP contribution in [0.5, 0.6) is 0 Å². The Balaban J connectivity index is 1.30. The molecular weight excluding hydrogens is 436 g/mol. The lowest BCUT2D eigenvalue weighted by molar-refractivity contribution is -0.133. The summed E-state index contributed by atoms with van der Waals surface area (Å²) in [6, 6.07) is 14.0. The molecule has 4 aliphatic carbocycles. The van der Waals surface area contributed by atoms with Crippen LogP contribution in [0.2, 0.25) is 0 Å². The van der Waals surface area contributed by atoms with Gasteiger partial charge in [-0.05, 0) is 87.8 Å². The van der Waals surface area contributed by atoms with E-state index in [1.807, 2.05) is 79.0 Å². The zero-order chi connectivity index (χ0) is 24.6. The van der Waals surface area contributed by atoms with E-state index in [9.17, 15) is 9.59 Å². The van der Waals surface area contributed by atoms with Crippen LogP contribution in [0, 0.1) is 17.8 Å². The third-order valence-corrected chi connectivity index (χ3v) is 8.57. The highest BCUT2D eigenvalue weighted by Gasteiger charge is 2.52. The minimum absolute atomic E-state index is 0.0237. The smallest absolute Gasteiger partial charge is 0.318 e. The van der Waals surface area contributed by atoms with E-state index in [1.165, 1.54) is 19.3 Å². The Kier molecular flexibility index (Phi) is 6.65. The van der Waals surface area contributed by atoms with E-state index in [-0.39, 0.29) is 30.1 Å².